The van der Waals surface area contributed by atoms with Gasteiger partial charge in [-0.1, -0.05) is 6.92 Å². The van der Waals surface area contributed by atoms with E-state index in [4.69, 9.17) is 40.5 Å². The monoisotopic (exact) mass is 557 g/mol. The lowest BCUT2D eigenvalue weighted by Crippen LogP contribution is -2.32. The number of ether oxygens (including phenoxy) is 2. The highest BCUT2D eigenvalue weighted by Crippen LogP contribution is 2.11. The van der Waals surface area contributed by atoms with Gasteiger partial charge in [-0.2, -0.15) is 0 Å². The third kappa shape index (κ3) is 21.4. The van der Waals surface area contributed by atoms with Crippen molar-refractivity contribution in [2.24, 2.45) is 0 Å². The maximum atomic E-state index is 11.2. The first-order valence-electron chi connectivity index (χ1n) is 12.3. The first-order valence-corrected chi connectivity index (χ1v) is 12.3. The van der Waals surface area contributed by atoms with E-state index >= 15 is 0 Å². The molecule has 1 unspecified atom stereocenters. The lowest BCUT2D eigenvalue weighted by atomic mass is 10.2. The van der Waals surface area contributed by atoms with E-state index in [1.54, 1.807) is 4.90 Å². The van der Waals surface area contributed by atoms with E-state index in [9.17, 15) is 9.59 Å². The first-order chi connectivity index (χ1) is 18.6. The van der Waals surface area contributed by atoms with Gasteiger partial charge in [0.2, 0.25) is 0 Å². The Hall–Kier alpha value is -3.26. The second kappa shape index (κ2) is 25.0. The smallest absolute Gasteiger partial charge is 0.338 e. The summed E-state index contributed by atoms with van der Waals surface area (Å²) in [6.45, 7) is 5.51. The van der Waals surface area contributed by atoms with Crippen molar-refractivity contribution >= 4 is 11.9 Å². The van der Waals surface area contributed by atoms with Gasteiger partial charge in [0.25, 0.3) is 0 Å². The van der Waals surface area contributed by atoms with E-state index < -0.39 is 12.1 Å². The molecule has 0 fully saturated rings. The van der Waals surface area contributed by atoms with Crippen molar-refractivity contribution in [2.45, 2.75) is 26.4 Å². The summed E-state index contributed by atoms with van der Waals surface area (Å²) in [5, 5.41) is 59.3. The molecular weight excluding hydrogens is 514 g/mol. The van der Waals surface area contributed by atoms with Crippen LogP contribution in [0.2, 0.25) is 0 Å². The Morgan fingerprint density at radius 3 is 1.41 bits per heavy atom. The van der Waals surface area contributed by atoms with Gasteiger partial charge in [-0.05, 0) is 61.9 Å². The summed E-state index contributed by atoms with van der Waals surface area (Å²) in [6.07, 6.45) is 0.249. The largest absolute Gasteiger partial charge is 0.508 e. The fraction of sp³-hybridized carbons (Fsp3) is 0.481. The lowest BCUT2D eigenvalue weighted by Gasteiger charge is -2.17. The third-order valence-electron chi connectivity index (χ3n) is 4.34. The van der Waals surface area contributed by atoms with E-state index in [-0.39, 0.29) is 43.9 Å². The minimum absolute atomic E-state index is 0.0694. The molecule has 2 aromatic rings. The predicted molar refractivity (Wildman–Crippen MR) is 145 cm³/mol. The predicted octanol–water partition coefficient (Wildman–Crippen LogP) is 0.763. The Bertz CT molecular complexity index is 845. The molecule has 222 valence electrons. The number of aliphatic hydroxyl groups is 5. The molecule has 0 bridgehead atoms. The Labute approximate surface area is 229 Å². The van der Waals surface area contributed by atoms with Gasteiger partial charge in [-0.15, -0.1) is 0 Å². The van der Waals surface area contributed by atoms with Gasteiger partial charge >= 0.3 is 11.9 Å². The van der Waals surface area contributed by atoms with Crippen molar-refractivity contribution in [3.63, 3.8) is 0 Å². The Morgan fingerprint density at radius 1 is 0.769 bits per heavy atom. The highest BCUT2D eigenvalue weighted by molar-refractivity contribution is 5.89. The maximum absolute atomic E-state index is 11.2. The highest BCUT2D eigenvalue weighted by Gasteiger charge is 2.05. The van der Waals surface area contributed by atoms with E-state index in [2.05, 4.69) is 4.74 Å². The molecule has 12 heteroatoms. The zero-order valence-corrected chi connectivity index (χ0v) is 22.8. The van der Waals surface area contributed by atoms with E-state index in [1.807, 2.05) is 6.92 Å². The Kier molecular flexibility index (Phi) is 24.3. The van der Waals surface area contributed by atoms with Crippen LogP contribution in [0.5, 0.6) is 11.5 Å². The van der Waals surface area contributed by atoms with Crippen LogP contribution in [0, 0.1) is 0 Å². The van der Waals surface area contributed by atoms with Gasteiger partial charge in [0.1, 0.15) is 11.5 Å². The fourth-order valence-electron chi connectivity index (χ4n) is 2.35. The van der Waals surface area contributed by atoms with Gasteiger partial charge in [0, 0.05) is 19.6 Å². The Balaban J connectivity index is 0. The molecule has 2 rings (SSSR count). The number of phenols is 2. The molecule has 0 aliphatic rings. The molecule has 0 amide bonds. The van der Waals surface area contributed by atoms with Crippen LogP contribution in [0.15, 0.2) is 48.5 Å². The van der Waals surface area contributed by atoms with Crippen molar-refractivity contribution in [3.05, 3.63) is 59.7 Å². The summed E-state index contributed by atoms with van der Waals surface area (Å²) in [4.78, 5) is 23.8. The highest BCUT2D eigenvalue weighted by atomic mass is 16.5. The average Bonchev–Trinajstić information content (AvgIpc) is 2.93. The molecule has 1 atom stereocenters. The number of hydrogen-bond donors (Lipinski definition) is 7. The molecule has 0 radical (unpaired) electrons. The summed E-state index contributed by atoms with van der Waals surface area (Å²) in [6, 6.07) is 11.9. The minimum Gasteiger partial charge on any atom is -0.508 e. The van der Waals surface area contributed by atoms with Crippen molar-refractivity contribution < 1.29 is 54.8 Å². The average molecular weight is 558 g/mol. The second-order valence-electron chi connectivity index (χ2n) is 7.77. The van der Waals surface area contributed by atoms with Crippen LogP contribution in [0.25, 0.3) is 0 Å². The Morgan fingerprint density at radius 2 is 1.13 bits per heavy atom. The van der Waals surface area contributed by atoms with Crippen LogP contribution in [-0.2, 0) is 9.47 Å². The number of aliphatic hydroxyl groups excluding tert-OH is 5. The number of carbonyl (C=O) groups is 2. The number of aromatic hydroxyl groups is 2. The van der Waals surface area contributed by atoms with Crippen LogP contribution in [0.3, 0.4) is 0 Å². The molecular formula is C27H43NO11. The number of rotatable bonds is 11. The van der Waals surface area contributed by atoms with Gasteiger partial charge in [0.15, 0.2) is 0 Å². The zero-order valence-electron chi connectivity index (χ0n) is 22.8. The van der Waals surface area contributed by atoms with Gasteiger partial charge in [-0.3, -0.25) is 4.90 Å². The van der Waals surface area contributed by atoms with Crippen molar-refractivity contribution in [2.75, 3.05) is 59.8 Å². The maximum Gasteiger partial charge on any atom is 0.338 e. The molecule has 0 aliphatic heterocycles. The van der Waals surface area contributed by atoms with Crippen LogP contribution >= 0.6 is 0 Å². The number of carbonyl (C=O) groups excluding carboxylic acids is 2. The molecule has 0 aliphatic carbocycles. The number of nitrogens with zero attached hydrogens (tertiary/aromatic N) is 1. The summed E-state index contributed by atoms with van der Waals surface area (Å²) in [7, 11) is 1.31. The van der Waals surface area contributed by atoms with Gasteiger partial charge < -0.3 is 45.2 Å². The molecule has 0 saturated carbocycles. The number of methoxy groups -OCH3 is 1. The minimum atomic E-state index is -0.560. The molecule has 7 N–H and O–H groups in total. The summed E-state index contributed by atoms with van der Waals surface area (Å²) in [5.41, 5.74) is 0.900. The quantitative estimate of drug-likeness (QED) is 0.192. The standard InChI is InChI=1S/C10H12O3.C8H8O3.C6H15NO3.C3H8O2/c1-2-7-13-10(12)8-3-5-9(11)6-4-8;1-11-8(10)6-2-4-7(9)5-3-6;8-4-1-7(2-5-9)3-6-10;1-3(5)2-4/h3-6,11H,2,7H2,1H3;2-5,9H,1H3;8-10H,1-6H2;3-5H,2H2,1H3. The fourth-order valence-corrected chi connectivity index (χ4v) is 2.35. The topological polar surface area (TPSA) is 197 Å². The van der Waals surface area contributed by atoms with Crippen molar-refractivity contribution in [1.82, 2.24) is 4.90 Å². The molecule has 0 saturated heterocycles. The van der Waals surface area contributed by atoms with Gasteiger partial charge in [0.05, 0.1) is 57.4 Å². The molecule has 2 aromatic carbocycles. The number of phenolic OH excluding ortho intramolecular Hbond substituents is 2. The van der Waals surface area contributed by atoms with E-state index in [0.717, 1.165) is 6.42 Å². The first kappa shape index (κ1) is 37.9. The summed E-state index contributed by atoms with van der Waals surface area (Å²) < 4.78 is 9.35. The van der Waals surface area contributed by atoms with Gasteiger partial charge in [-0.25, -0.2) is 9.59 Å². The summed E-state index contributed by atoms with van der Waals surface area (Å²) >= 11 is 0. The second-order valence-corrected chi connectivity index (χ2v) is 7.77. The SMILES string of the molecule is CC(O)CO.CCCOC(=O)c1ccc(O)cc1.COC(=O)c1ccc(O)cc1.OCCN(CCO)CCO. The van der Waals surface area contributed by atoms with E-state index in [0.29, 0.717) is 37.4 Å². The van der Waals surface area contributed by atoms with Crippen LogP contribution in [0.4, 0.5) is 0 Å². The lowest BCUT2D eigenvalue weighted by molar-refractivity contribution is 0.0504. The zero-order chi connectivity index (χ0) is 30.1. The number of esters is 2. The molecule has 12 nitrogen and oxygen atoms in total. The molecule has 0 spiro atoms. The summed E-state index contributed by atoms with van der Waals surface area (Å²) in [5.74, 6) is -0.462. The molecule has 0 aromatic heterocycles. The number of benzene rings is 2. The number of hydrogen-bond acceptors (Lipinski definition) is 12. The van der Waals surface area contributed by atoms with Crippen LogP contribution in [0.1, 0.15) is 41.0 Å². The van der Waals surface area contributed by atoms with Crippen molar-refractivity contribution in [1.29, 1.82) is 0 Å². The normalized spacial score (nSPS) is 10.5. The third-order valence-corrected chi connectivity index (χ3v) is 4.34. The molecule has 39 heavy (non-hydrogen) atoms. The van der Waals surface area contributed by atoms with Crippen LogP contribution < -0.4 is 0 Å². The van der Waals surface area contributed by atoms with Crippen molar-refractivity contribution in [3.8, 4) is 11.5 Å². The van der Waals surface area contributed by atoms with Crippen LogP contribution in [-0.4, -0.2) is 118 Å². The van der Waals surface area contributed by atoms with E-state index in [1.165, 1.54) is 62.6 Å². The molecule has 0 heterocycles.